The molecular formula is C54H35NOSSi. The molecule has 0 saturated heterocycles. The lowest BCUT2D eigenvalue weighted by atomic mass is 10.0. The normalized spacial score (nSPS) is 13.0. The van der Waals surface area contributed by atoms with Crippen molar-refractivity contribution in [2.45, 2.75) is 0 Å². The molecule has 0 bridgehead atoms. The SMILES string of the molecule is c1ccc(-c2ccc(N(c3ccc4c(c3)[Si](c3ccccc3)(c3ccccc3)c3ccc5c(oc6ccccc65)c3-4)c3ccc4c(c3)sc3ccccc34)cc2)cc1. The van der Waals surface area contributed by atoms with Gasteiger partial charge >= 0.3 is 0 Å². The topological polar surface area (TPSA) is 16.4 Å². The fraction of sp³-hybridized carbons (Fsp3) is 0. The van der Waals surface area contributed by atoms with Crippen molar-refractivity contribution in [3.63, 3.8) is 0 Å². The molecule has 58 heavy (non-hydrogen) atoms. The molecule has 3 heterocycles. The molecule has 0 radical (unpaired) electrons. The van der Waals surface area contributed by atoms with Crippen LogP contribution in [0.2, 0.25) is 0 Å². The molecule has 0 aliphatic carbocycles. The Kier molecular flexibility index (Phi) is 7.46. The number of benzene rings is 9. The van der Waals surface area contributed by atoms with Crippen LogP contribution in [-0.2, 0) is 0 Å². The van der Waals surface area contributed by atoms with Gasteiger partial charge in [-0.3, -0.25) is 0 Å². The van der Waals surface area contributed by atoms with E-state index in [-0.39, 0.29) is 0 Å². The average molecular weight is 774 g/mol. The summed E-state index contributed by atoms with van der Waals surface area (Å²) in [5.41, 5.74) is 10.1. The predicted octanol–water partition coefficient (Wildman–Crippen LogP) is 12.4. The van der Waals surface area contributed by atoms with Gasteiger partial charge in [0, 0.05) is 53.6 Å². The highest BCUT2D eigenvalue weighted by atomic mass is 32.1. The lowest BCUT2D eigenvalue weighted by Gasteiger charge is -2.32. The smallest absolute Gasteiger partial charge is 0.181 e. The molecule has 0 saturated carbocycles. The third-order valence-electron chi connectivity index (χ3n) is 12.2. The average Bonchev–Trinajstić information content (AvgIpc) is 3.95. The lowest BCUT2D eigenvalue weighted by Crippen LogP contribution is -2.72. The number of nitrogens with zero attached hydrogens (tertiary/aromatic N) is 1. The van der Waals surface area contributed by atoms with Crippen molar-refractivity contribution in [2.24, 2.45) is 0 Å². The summed E-state index contributed by atoms with van der Waals surface area (Å²) in [6.07, 6.45) is 0. The highest BCUT2D eigenvalue weighted by Crippen LogP contribution is 2.44. The van der Waals surface area contributed by atoms with E-state index in [0.717, 1.165) is 39.0 Å². The van der Waals surface area contributed by atoms with Gasteiger partial charge in [0.1, 0.15) is 11.2 Å². The first-order valence-electron chi connectivity index (χ1n) is 19.8. The van der Waals surface area contributed by atoms with E-state index >= 15 is 0 Å². The minimum absolute atomic E-state index is 0.921. The highest BCUT2D eigenvalue weighted by molar-refractivity contribution is 7.26. The van der Waals surface area contributed by atoms with Crippen molar-refractivity contribution in [3.8, 4) is 22.3 Å². The third-order valence-corrected chi connectivity index (χ3v) is 18.1. The fourth-order valence-corrected chi connectivity index (χ4v) is 15.9. The van der Waals surface area contributed by atoms with Gasteiger partial charge in [-0.2, -0.15) is 0 Å². The van der Waals surface area contributed by atoms with E-state index in [2.05, 4.69) is 217 Å². The maximum Gasteiger partial charge on any atom is 0.181 e. The van der Waals surface area contributed by atoms with Crippen molar-refractivity contribution in [2.75, 3.05) is 4.90 Å². The monoisotopic (exact) mass is 773 g/mol. The van der Waals surface area contributed by atoms with Gasteiger partial charge < -0.3 is 9.32 Å². The van der Waals surface area contributed by atoms with E-state index in [1.807, 2.05) is 11.3 Å². The van der Waals surface area contributed by atoms with Gasteiger partial charge in [-0.05, 0) is 86.0 Å². The molecule has 12 rings (SSSR count). The third kappa shape index (κ3) is 4.89. The minimum Gasteiger partial charge on any atom is -0.455 e. The Morgan fingerprint density at radius 3 is 1.72 bits per heavy atom. The Bertz CT molecular complexity index is 3290. The molecule has 1 aliphatic heterocycles. The zero-order valence-corrected chi connectivity index (χ0v) is 33.3. The van der Waals surface area contributed by atoms with Crippen molar-refractivity contribution in [1.29, 1.82) is 0 Å². The van der Waals surface area contributed by atoms with Gasteiger partial charge in [-0.15, -0.1) is 11.3 Å². The summed E-state index contributed by atoms with van der Waals surface area (Å²) in [6, 6.07) is 78.3. The highest BCUT2D eigenvalue weighted by Gasteiger charge is 2.50. The fourth-order valence-electron chi connectivity index (χ4n) is 9.61. The molecule has 0 atom stereocenters. The summed E-state index contributed by atoms with van der Waals surface area (Å²) in [4.78, 5) is 2.45. The van der Waals surface area contributed by atoms with Crippen LogP contribution >= 0.6 is 11.3 Å². The van der Waals surface area contributed by atoms with E-state index in [9.17, 15) is 0 Å². The Hall–Kier alpha value is -6.98. The molecule has 2 nitrogen and oxygen atoms in total. The lowest BCUT2D eigenvalue weighted by molar-refractivity contribution is 0.670. The van der Waals surface area contributed by atoms with Gasteiger partial charge in [0.25, 0.3) is 0 Å². The number of rotatable bonds is 6. The largest absolute Gasteiger partial charge is 0.455 e. The van der Waals surface area contributed by atoms with Gasteiger partial charge in [0.15, 0.2) is 8.07 Å². The molecule has 0 fully saturated rings. The number of hydrogen-bond donors (Lipinski definition) is 0. The van der Waals surface area contributed by atoms with E-state index in [1.165, 1.54) is 63.2 Å². The number of thiophene rings is 1. The van der Waals surface area contributed by atoms with Crippen LogP contribution in [-0.4, -0.2) is 8.07 Å². The van der Waals surface area contributed by atoms with Crippen LogP contribution in [0, 0.1) is 0 Å². The first kappa shape index (κ1) is 33.2. The summed E-state index contributed by atoms with van der Waals surface area (Å²) in [6.45, 7) is 0. The van der Waals surface area contributed by atoms with E-state index in [4.69, 9.17) is 4.42 Å². The van der Waals surface area contributed by atoms with Gasteiger partial charge in [-0.25, -0.2) is 0 Å². The van der Waals surface area contributed by atoms with Crippen molar-refractivity contribution in [1.82, 2.24) is 0 Å². The molecule has 11 aromatic rings. The molecule has 4 heteroatoms. The number of hydrogen-bond acceptors (Lipinski definition) is 3. The Morgan fingerprint density at radius 2 is 0.966 bits per heavy atom. The maximum absolute atomic E-state index is 6.86. The minimum atomic E-state index is -2.87. The predicted molar refractivity (Wildman–Crippen MR) is 249 cm³/mol. The summed E-state index contributed by atoms with van der Waals surface area (Å²) in [7, 11) is -2.87. The Morgan fingerprint density at radius 1 is 0.397 bits per heavy atom. The van der Waals surface area contributed by atoms with Crippen LogP contribution in [0.3, 0.4) is 0 Å². The zero-order chi connectivity index (χ0) is 38.2. The van der Waals surface area contributed by atoms with Crippen molar-refractivity contribution < 1.29 is 4.42 Å². The second-order valence-corrected chi connectivity index (χ2v) is 20.0. The van der Waals surface area contributed by atoms with Crippen molar-refractivity contribution in [3.05, 3.63) is 212 Å². The number of anilines is 3. The Balaban J connectivity index is 1.14. The maximum atomic E-state index is 6.86. The standard InChI is InChI=1S/C54H35NOSSi/c1-4-14-36(15-5-1)37-24-26-38(27-25-37)55(39-28-30-45-44-21-11-13-23-49(44)57-50(45)34-39)40-29-31-47-52(35-40)58(41-16-6-2-7-17-41,42-18-8-3-9-19-42)51-33-32-46-43-20-10-12-22-48(43)56-54(46)53(47)51/h1-35H. The number of fused-ring (bicyclic) bond motifs is 10. The van der Waals surface area contributed by atoms with Crippen LogP contribution in [0.5, 0.6) is 0 Å². The molecule has 0 amide bonds. The first-order chi connectivity index (χ1) is 28.8. The first-order valence-corrected chi connectivity index (χ1v) is 22.6. The van der Waals surface area contributed by atoms with Crippen LogP contribution in [0.1, 0.15) is 0 Å². The quantitative estimate of drug-likeness (QED) is 0.157. The van der Waals surface area contributed by atoms with Crippen molar-refractivity contribution >= 4 is 99.3 Å². The van der Waals surface area contributed by atoms with E-state index < -0.39 is 8.07 Å². The van der Waals surface area contributed by atoms with E-state index in [0.29, 0.717) is 0 Å². The number of para-hydroxylation sites is 1. The summed E-state index contributed by atoms with van der Waals surface area (Å²) < 4.78 is 9.45. The second kappa shape index (κ2) is 13.0. The zero-order valence-electron chi connectivity index (χ0n) is 31.5. The molecule has 0 spiro atoms. The van der Waals surface area contributed by atoms with Crippen LogP contribution in [0.25, 0.3) is 64.4 Å². The summed E-state index contributed by atoms with van der Waals surface area (Å²) in [5, 5.41) is 10.4. The van der Waals surface area contributed by atoms with Crippen LogP contribution in [0.4, 0.5) is 17.1 Å². The molecular weight excluding hydrogens is 739 g/mol. The number of furan rings is 1. The van der Waals surface area contributed by atoms with Gasteiger partial charge in [0.05, 0.1) is 0 Å². The van der Waals surface area contributed by atoms with Gasteiger partial charge in [0.2, 0.25) is 0 Å². The van der Waals surface area contributed by atoms with Crippen LogP contribution < -0.4 is 25.6 Å². The molecule has 272 valence electrons. The summed E-state index contributed by atoms with van der Waals surface area (Å²) in [5.74, 6) is 0. The molecule has 2 aromatic heterocycles. The van der Waals surface area contributed by atoms with Gasteiger partial charge in [-0.1, -0.05) is 164 Å². The Labute approximate surface area is 341 Å². The second-order valence-electron chi connectivity index (χ2n) is 15.2. The summed E-state index contributed by atoms with van der Waals surface area (Å²) >= 11 is 1.86. The molecule has 1 aliphatic rings. The van der Waals surface area contributed by atoms with E-state index in [1.54, 1.807) is 0 Å². The molecule has 9 aromatic carbocycles. The van der Waals surface area contributed by atoms with Crippen LogP contribution in [0.15, 0.2) is 217 Å². The molecule has 0 N–H and O–H groups in total. The molecule has 0 unspecified atom stereocenters.